The molecule has 2 amide bonds. The average Bonchev–Trinajstić information content (AvgIpc) is 2.84. The summed E-state index contributed by atoms with van der Waals surface area (Å²) in [6, 6.07) is 3.82. The maximum Gasteiger partial charge on any atom is 0.243 e. The Bertz CT molecular complexity index is 430. The topological polar surface area (TPSA) is 49.4 Å². The molecule has 0 saturated carbocycles. The largest absolute Gasteiger partial charge is 0.345 e. The molecule has 0 spiro atoms. The van der Waals surface area contributed by atoms with Crippen LogP contribution in [-0.2, 0) is 16.0 Å². The highest BCUT2D eigenvalue weighted by atomic mass is 32.1. The molecule has 5 heteroatoms. The first-order chi connectivity index (χ1) is 8.63. The molecular weight excluding hydrogens is 248 g/mol. The van der Waals surface area contributed by atoms with Crippen molar-refractivity contribution in [1.82, 2.24) is 10.2 Å². The Hall–Kier alpha value is -1.36. The van der Waals surface area contributed by atoms with E-state index in [1.165, 1.54) is 4.88 Å². The second-order valence-electron chi connectivity index (χ2n) is 4.58. The zero-order chi connectivity index (χ0) is 13.1. The molecule has 2 heterocycles. The van der Waals surface area contributed by atoms with Gasteiger partial charge in [0.15, 0.2) is 0 Å². The molecule has 1 N–H and O–H groups in total. The van der Waals surface area contributed by atoms with Crippen molar-refractivity contribution < 1.29 is 9.59 Å². The van der Waals surface area contributed by atoms with Gasteiger partial charge in [-0.25, -0.2) is 0 Å². The number of hydrogen-bond acceptors (Lipinski definition) is 3. The molecule has 0 radical (unpaired) electrons. The van der Waals surface area contributed by atoms with Crippen molar-refractivity contribution in [3.8, 4) is 0 Å². The lowest BCUT2D eigenvalue weighted by Crippen LogP contribution is -2.61. The Morgan fingerprint density at radius 3 is 2.94 bits per heavy atom. The summed E-state index contributed by atoms with van der Waals surface area (Å²) in [7, 11) is 0. The number of hydrogen-bond donors (Lipinski definition) is 1. The quantitative estimate of drug-likeness (QED) is 0.896. The molecular formula is C13H18N2O2S. The molecule has 0 aliphatic carbocycles. The van der Waals surface area contributed by atoms with Gasteiger partial charge in [0.05, 0.1) is 6.54 Å². The normalized spacial score (nSPS) is 21.9. The fraction of sp³-hybridized carbons (Fsp3) is 0.538. The minimum absolute atomic E-state index is 0.0190. The van der Waals surface area contributed by atoms with Crippen LogP contribution in [0.15, 0.2) is 17.5 Å². The highest BCUT2D eigenvalue weighted by molar-refractivity contribution is 7.09. The standard InChI is InChI=1S/C13H18N2O2S/c1-3-11-13(17)14-8-12(16)15(11)9(2)7-10-5-4-6-18-10/h4-6,9,11H,3,7-8H2,1-2H3,(H,14,17). The lowest BCUT2D eigenvalue weighted by molar-refractivity contribution is -0.148. The van der Waals surface area contributed by atoms with Crippen molar-refractivity contribution >= 4 is 23.2 Å². The summed E-state index contributed by atoms with van der Waals surface area (Å²) >= 11 is 1.69. The molecule has 1 aromatic heterocycles. The van der Waals surface area contributed by atoms with Crippen LogP contribution in [0.1, 0.15) is 25.1 Å². The Kier molecular flexibility index (Phi) is 4.01. The lowest BCUT2D eigenvalue weighted by atomic mass is 10.0. The highest BCUT2D eigenvalue weighted by Gasteiger charge is 2.35. The van der Waals surface area contributed by atoms with E-state index in [2.05, 4.69) is 11.4 Å². The molecule has 0 aromatic carbocycles. The molecule has 98 valence electrons. The van der Waals surface area contributed by atoms with Crippen molar-refractivity contribution in [3.05, 3.63) is 22.4 Å². The van der Waals surface area contributed by atoms with Gasteiger partial charge in [0.1, 0.15) is 6.04 Å². The van der Waals surface area contributed by atoms with Crippen molar-refractivity contribution in [2.24, 2.45) is 0 Å². The molecule has 1 aliphatic heterocycles. The molecule has 0 bridgehead atoms. The first kappa shape index (κ1) is 13.1. The van der Waals surface area contributed by atoms with Gasteiger partial charge in [-0.1, -0.05) is 13.0 Å². The van der Waals surface area contributed by atoms with Gasteiger partial charge in [-0.2, -0.15) is 0 Å². The zero-order valence-corrected chi connectivity index (χ0v) is 11.5. The van der Waals surface area contributed by atoms with Crippen molar-refractivity contribution in [3.63, 3.8) is 0 Å². The Morgan fingerprint density at radius 2 is 2.33 bits per heavy atom. The van der Waals surface area contributed by atoms with Gasteiger partial charge in [-0.15, -0.1) is 11.3 Å². The number of amides is 2. The number of rotatable bonds is 4. The summed E-state index contributed by atoms with van der Waals surface area (Å²) in [6.45, 7) is 4.08. The second kappa shape index (κ2) is 5.52. The fourth-order valence-corrected chi connectivity index (χ4v) is 3.25. The minimum Gasteiger partial charge on any atom is -0.345 e. The minimum atomic E-state index is -0.318. The van der Waals surface area contributed by atoms with Gasteiger partial charge in [-0.05, 0) is 24.8 Å². The molecule has 2 unspecified atom stereocenters. The van der Waals surface area contributed by atoms with Gasteiger partial charge in [0.2, 0.25) is 11.8 Å². The molecule has 1 saturated heterocycles. The second-order valence-corrected chi connectivity index (χ2v) is 5.61. The maximum absolute atomic E-state index is 12.0. The number of nitrogens with zero attached hydrogens (tertiary/aromatic N) is 1. The average molecular weight is 266 g/mol. The molecule has 2 rings (SSSR count). The number of carbonyl (C=O) groups excluding carboxylic acids is 2. The van der Waals surface area contributed by atoms with Crippen LogP contribution < -0.4 is 5.32 Å². The number of piperazine rings is 1. The third-order valence-electron chi connectivity index (χ3n) is 3.28. The predicted molar refractivity (Wildman–Crippen MR) is 71.4 cm³/mol. The van der Waals surface area contributed by atoms with Crippen LogP contribution in [0.3, 0.4) is 0 Å². The monoisotopic (exact) mass is 266 g/mol. The third-order valence-corrected chi connectivity index (χ3v) is 4.18. The van der Waals surface area contributed by atoms with Crippen LogP contribution in [0.5, 0.6) is 0 Å². The van der Waals surface area contributed by atoms with E-state index in [4.69, 9.17) is 0 Å². The van der Waals surface area contributed by atoms with Crippen LogP contribution in [0, 0.1) is 0 Å². The molecule has 1 aromatic rings. The summed E-state index contributed by atoms with van der Waals surface area (Å²) in [5, 5.41) is 4.68. The van der Waals surface area contributed by atoms with Crippen LogP contribution in [-0.4, -0.2) is 35.3 Å². The van der Waals surface area contributed by atoms with Crippen molar-refractivity contribution in [1.29, 1.82) is 0 Å². The maximum atomic E-state index is 12.0. The van der Waals surface area contributed by atoms with Gasteiger partial charge in [0.25, 0.3) is 0 Å². The van der Waals surface area contributed by atoms with Gasteiger partial charge in [0, 0.05) is 17.3 Å². The van der Waals surface area contributed by atoms with Crippen LogP contribution >= 0.6 is 11.3 Å². The number of nitrogens with one attached hydrogen (secondary N) is 1. The highest BCUT2D eigenvalue weighted by Crippen LogP contribution is 2.19. The predicted octanol–water partition coefficient (Wildman–Crippen LogP) is 1.42. The first-order valence-corrected chi connectivity index (χ1v) is 7.12. The zero-order valence-electron chi connectivity index (χ0n) is 10.7. The molecule has 18 heavy (non-hydrogen) atoms. The van der Waals surface area contributed by atoms with E-state index in [9.17, 15) is 9.59 Å². The van der Waals surface area contributed by atoms with E-state index in [0.29, 0.717) is 6.42 Å². The van der Waals surface area contributed by atoms with E-state index >= 15 is 0 Å². The summed E-state index contributed by atoms with van der Waals surface area (Å²) in [4.78, 5) is 26.8. The van der Waals surface area contributed by atoms with Gasteiger partial charge in [-0.3, -0.25) is 9.59 Å². The molecule has 1 aliphatic rings. The van der Waals surface area contributed by atoms with Crippen LogP contribution in [0.25, 0.3) is 0 Å². The molecule has 2 atom stereocenters. The van der Waals surface area contributed by atoms with Gasteiger partial charge < -0.3 is 10.2 Å². The lowest BCUT2D eigenvalue weighted by Gasteiger charge is -2.38. The van der Waals surface area contributed by atoms with E-state index in [-0.39, 0.29) is 30.4 Å². The van der Waals surface area contributed by atoms with E-state index < -0.39 is 0 Å². The smallest absolute Gasteiger partial charge is 0.243 e. The van der Waals surface area contributed by atoms with Crippen molar-refractivity contribution in [2.45, 2.75) is 38.8 Å². The third kappa shape index (κ3) is 2.56. The SMILES string of the molecule is CCC1C(=O)NCC(=O)N1C(C)Cc1cccs1. The van der Waals surface area contributed by atoms with Crippen LogP contribution in [0.2, 0.25) is 0 Å². The Balaban J connectivity index is 2.12. The van der Waals surface area contributed by atoms with Crippen LogP contribution in [0.4, 0.5) is 0 Å². The summed E-state index contributed by atoms with van der Waals surface area (Å²) in [6.07, 6.45) is 1.47. The van der Waals surface area contributed by atoms with Crippen molar-refractivity contribution in [2.75, 3.05) is 6.54 Å². The Labute approximate surface area is 111 Å². The number of carbonyl (C=O) groups is 2. The van der Waals surface area contributed by atoms with Gasteiger partial charge >= 0.3 is 0 Å². The summed E-state index contributed by atoms with van der Waals surface area (Å²) < 4.78 is 0. The van der Waals surface area contributed by atoms with E-state index in [1.54, 1.807) is 16.2 Å². The molecule has 4 nitrogen and oxygen atoms in total. The van der Waals surface area contributed by atoms with E-state index in [1.807, 2.05) is 25.3 Å². The summed E-state index contributed by atoms with van der Waals surface area (Å²) in [5.74, 6) is -0.0133. The first-order valence-electron chi connectivity index (χ1n) is 6.24. The Morgan fingerprint density at radius 1 is 1.56 bits per heavy atom. The number of thiophene rings is 1. The fourth-order valence-electron chi connectivity index (χ4n) is 2.43. The van der Waals surface area contributed by atoms with E-state index in [0.717, 1.165) is 6.42 Å². The molecule has 1 fully saturated rings. The summed E-state index contributed by atoms with van der Waals surface area (Å²) in [5.41, 5.74) is 0.